The van der Waals surface area contributed by atoms with Gasteiger partial charge in [0.1, 0.15) is 5.78 Å². The molecule has 2 bridgehead atoms. The van der Waals surface area contributed by atoms with Gasteiger partial charge in [-0.1, -0.05) is 19.6 Å². The molecule has 0 amide bonds. The zero-order chi connectivity index (χ0) is 8.93. The van der Waals surface area contributed by atoms with Crippen LogP contribution in [0.1, 0.15) is 19.3 Å². The number of fused-ring (bicyclic) bond motifs is 2. The minimum atomic E-state index is -1.05. The summed E-state index contributed by atoms with van der Waals surface area (Å²) in [6.45, 7) is 7.25. The summed E-state index contributed by atoms with van der Waals surface area (Å²) in [5.41, 5.74) is 0.824. The topological polar surface area (TPSA) is 17.1 Å². The van der Waals surface area contributed by atoms with E-state index in [-0.39, 0.29) is 0 Å². The Kier molecular flexibility index (Phi) is 1.72. The van der Waals surface area contributed by atoms with Crippen molar-refractivity contribution in [1.29, 1.82) is 0 Å². The first-order valence-corrected chi connectivity index (χ1v) is 8.60. The summed E-state index contributed by atoms with van der Waals surface area (Å²) >= 11 is 0. The van der Waals surface area contributed by atoms with Crippen molar-refractivity contribution in [3.63, 3.8) is 0 Å². The molecule has 3 unspecified atom stereocenters. The molecule has 2 aliphatic carbocycles. The Bertz CT molecular complexity index is 216. The number of ketones is 1. The Morgan fingerprint density at radius 3 is 2.17 bits per heavy atom. The Hall–Kier alpha value is -0.113. The number of hydrogen-bond donors (Lipinski definition) is 0. The van der Waals surface area contributed by atoms with Gasteiger partial charge in [0.25, 0.3) is 0 Å². The predicted octanol–water partition coefficient (Wildman–Crippen LogP) is 2.69. The van der Waals surface area contributed by atoms with Crippen LogP contribution in [-0.2, 0) is 4.79 Å². The summed E-state index contributed by atoms with van der Waals surface area (Å²) in [5, 5.41) is 0. The Morgan fingerprint density at radius 2 is 1.92 bits per heavy atom. The highest BCUT2D eigenvalue weighted by molar-refractivity contribution is 6.78. The number of rotatable bonds is 1. The molecule has 0 saturated heterocycles. The van der Waals surface area contributed by atoms with Crippen molar-refractivity contribution in [2.75, 3.05) is 0 Å². The first-order chi connectivity index (χ1) is 5.50. The van der Waals surface area contributed by atoms with Crippen molar-refractivity contribution in [2.24, 2.45) is 11.8 Å². The van der Waals surface area contributed by atoms with Crippen LogP contribution in [-0.4, -0.2) is 13.9 Å². The lowest BCUT2D eigenvalue weighted by Gasteiger charge is -2.28. The lowest BCUT2D eigenvalue weighted by Crippen LogP contribution is -2.31. The molecule has 0 spiro atoms. The van der Waals surface area contributed by atoms with Gasteiger partial charge in [-0.3, -0.25) is 4.79 Å². The summed E-state index contributed by atoms with van der Waals surface area (Å²) in [6.07, 6.45) is 3.46. The second-order valence-electron chi connectivity index (χ2n) is 5.51. The van der Waals surface area contributed by atoms with E-state index in [1.807, 2.05) is 0 Å². The summed E-state index contributed by atoms with van der Waals surface area (Å²) in [6, 6.07) is 0. The molecule has 0 aromatic rings. The first kappa shape index (κ1) is 8.48. The molecule has 2 aliphatic rings. The van der Waals surface area contributed by atoms with Gasteiger partial charge in [0.2, 0.25) is 0 Å². The molecule has 0 aromatic heterocycles. The van der Waals surface area contributed by atoms with Gasteiger partial charge in [-0.2, -0.15) is 0 Å². The summed E-state index contributed by atoms with van der Waals surface area (Å²) in [7, 11) is -1.05. The summed E-state index contributed by atoms with van der Waals surface area (Å²) < 4.78 is 0. The largest absolute Gasteiger partial charge is 0.299 e. The minimum absolute atomic E-state index is 0.488. The quantitative estimate of drug-likeness (QED) is 0.570. The predicted molar refractivity (Wildman–Crippen MR) is 52.9 cm³/mol. The highest BCUT2D eigenvalue weighted by Gasteiger charge is 2.52. The maximum absolute atomic E-state index is 11.5. The molecule has 2 fully saturated rings. The Labute approximate surface area is 75.6 Å². The Morgan fingerprint density at radius 1 is 1.25 bits per heavy atom. The van der Waals surface area contributed by atoms with Crippen molar-refractivity contribution in [3.05, 3.63) is 0 Å². The summed E-state index contributed by atoms with van der Waals surface area (Å²) in [5.74, 6) is 1.86. The second kappa shape index (κ2) is 2.44. The van der Waals surface area contributed by atoms with Crippen LogP contribution in [0.2, 0.25) is 25.2 Å². The van der Waals surface area contributed by atoms with Crippen LogP contribution in [0.3, 0.4) is 0 Å². The monoisotopic (exact) mass is 182 g/mol. The van der Waals surface area contributed by atoms with Crippen LogP contribution in [0.5, 0.6) is 0 Å². The van der Waals surface area contributed by atoms with E-state index < -0.39 is 8.07 Å². The maximum atomic E-state index is 11.5. The van der Waals surface area contributed by atoms with E-state index in [0.29, 0.717) is 11.7 Å². The van der Waals surface area contributed by atoms with Crippen LogP contribution < -0.4 is 0 Å². The third-order valence-corrected chi connectivity index (χ3v) is 6.54. The molecule has 1 nitrogen and oxygen atoms in total. The van der Waals surface area contributed by atoms with Gasteiger partial charge in [-0.05, 0) is 24.3 Å². The fourth-order valence-electron chi connectivity index (χ4n) is 3.39. The van der Waals surface area contributed by atoms with Crippen LogP contribution >= 0.6 is 0 Å². The highest BCUT2D eigenvalue weighted by Crippen LogP contribution is 2.55. The van der Waals surface area contributed by atoms with Crippen LogP contribution in [0.25, 0.3) is 0 Å². The zero-order valence-corrected chi connectivity index (χ0v) is 9.26. The molecule has 0 aromatic carbocycles. The van der Waals surface area contributed by atoms with Crippen LogP contribution in [0, 0.1) is 11.8 Å². The SMILES string of the molecule is C[Si](C)(C)C1C2CCC1C(=O)C2. The van der Waals surface area contributed by atoms with Gasteiger partial charge in [0.05, 0.1) is 0 Å². The highest BCUT2D eigenvalue weighted by atomic mass is 28.3. The number of carbonyl (C=O) groups is 1. The molecule has 0 N–H and O–H groups in total. The van der Waals surface area contributed by atoms with Gasteiger partial charge < -0.3 is 0 Å². The molecule has 3 atom stereocenters. The van der Waals surface area contributed by atoms with Gasteiger partial charge in [-0.25, -0.2) is 0 Å². The van der Waals surface area contributed by atoms with Gasteiger partial charge in [0.15, 0.2) is 0 Å². The Balaban J connectivity index is 2.24. The van der Waals surface area contributed by atoms with E-state index in [4.69, 9.17) is 0 Å². The molecule has 0 aliphatic heterocycles. The molecule has 0 radical (unpaired) electrons. The molecular formula is C10H18OSi. The van der Waals surface area contributed by atoms with Crippen LogP contribution in [0.4, 0.5) is 0 Å². The average molecular weight is 182 g/mol. The minimum Gasteiger partial charge on any atom is -0.299 e. The molecule has 2 saturated carbocycles. The normalized spacial score (nSPS) is 40.9. The molecule has 0 heterocycles. The molecular weight excluding hydrogens is 164 g/mol. The van der Waals surface area contributed by atoms with Crippen molar-refractivity contribution >= 4 is 13.9 Å². The van der Waals surface area contributed by atoms with Gasteiger partial charge in [0, 0.05) is 20.4 Å². The van der Waals surface area contributed by atoms with Crippen molar-refractivity contribution in [2.45, 2.75) is 44.4 Å². The molecule has 12 heavy (non-hydrogen) atoms. The average Bonchev–Trinajstić information content (AvgIpc) is 2.39. The number of hydrogen-bond acceptors (Lipinski definition) is 1. The van der Waals surface area contributed by atoms with E-state index in [9.17, 15) is 4.79 Å². The lowest BCUT2D eigenvalue weighted by atomic mass is 10.00. The smallest absolute Gasteiger partial charge is 0.136 e. The standard InChI is InChI=1S/C10H18OSi/c1-12(2,3)10-7-4-5-8(10)9(11)6-7/h7-8,10H,4-6H2,1-3H3. The van der Waals surface area contributed by atoms with Crippen molar-refractivity contribution < 1.29 is 4.79 Å². The second-order valence-corrected chi connectivity index (χ2v) is 10.9. The van der Waals surface area contributed by atoms with E-state index >= 15 is 0 Å². The fraction of sp³-hybridized carbons (Fsp3) is 0.900. The first-order valence-electron chi connectivity index (χ1n) is 5.03. The van der Waals surface area contributed by atoms with E-state index in [2.05, 4.69) is 19.6 Å². The van der Waals surface area contributed by atoms with Crippen molar-refractivity contribution in [3.8, 4) is 0 Å². The van der Waals surface area contributed by atoms with Crippen molar-refractivity contribution in [1.82, 2.24) is 0 Å². The van der Waals surface area contributed by atoms with Gasteiger partial charge >= 0.3 is 0 Å². The number of carbonyl (C=O) groups excluding carboxylic acids is 1. The molecule has 2 heteroatoms. The summed E-state index contributed by atoms with van der Waals surface area (Å²) in [4.78, 5) is 11.5. The fourth-order valence-corrected chi connectivity index (χ4v) is 6.65. The van der Waals surface area contributed by atoms with E-state index in [1.165, 1.54) is 12.8 Å². The lowest BCUT2D eigenvalue weighted by molar-refractivity contribution is -0.121. The number of Topliss-reactive ketones (excluding diaryl/α,β-unsaturated/α-hetero) is 1. The molecule has 2 rings (SSSR count). The van der Waals surface area contributed by atoms with E-state index in [0.717, 1.165) is 17.9 Å². The van der Waals surface area contributed by atoms with E-state index in [1.54, 1.807) is 0 Å². The maximum Gasteiger partial charge on any atom is 0.136 e. The zero-order valence-electron chi connectivity index (χ0n) is 8.26. The van der Waals surface area contributed by atoms with Gasteiger partial charge in [-0.15, -0.1) is 0 Å². The third-order valence-electron chi connectivity index (χ3n) is 3.67. The molecule has 68 valence electrons. The van der Waals surface area contributed by atoms with Crippen LogP contribution in [0.15, 0.2) is 0 Å². The third kappa shape index (κ3) is 1.08.